The Hall–Kier alpha value is -3.50. The predicted octanol–water partition coefficient (Wildman–Crippen LogP) is 2.38. The van der Waals surface area contributed by atoms with Gasteiger partial charge in [0.15, 0.2) is 0 Å². The summed E-state index contributed by atoms with van der Waals surface area (Å²) in [7, 11) is -2.65. The lowest BCUT2D eigenvalue weighted by atomic mass is 10.2. The van der Waals surface area contributed by atoms with Crippen LogP contribution in [0.3, 0.4) is 0 Å². The molecule has 3 rings (SSSR count). The van der Waals surface area contributed by atoms with E-state index in [1.807, 2.05) is 0 Å². The Morgan fingerprint density at radius 2 is 1.79 bits per heavy atom. The molecule has 1 aliphatic heterocycles. The van der Waals surface area contributed by atoms with Crippen molar-refractivity contribution < 1.29 is 32.3 Å². The zero-order valence-corrected chi connectivity index (χ0v) is 19.1. The molecule has 1 heterocycles. The third kappa shape index (κ3) is 4.81. The van der Waals surface area contributed by atoms with Gasteiger partial charge in [0.25, 0.3) is 5.91 Å². The van der Waals surface area contributed by atoms with E-state index in [9.17, 15) is 22.8 Å². The number of nitrogens with zero attached hydrogens (tertiary/aromatic N) is 2. The number of methoxy groups -OCH3 is 1. The highest BCUT2D eigenvalue weighted by Gasteiger charge is 2.46. The zero-order chi connectivity index (χ0) is 24.2. The summed E-state index contributed by atoms with van der Waals surface area (Å²) < 4.78 is 37.5. The number of benzene rings is 2. The van der Waals surface area contributed by atoms with E-state index in [0.717, 1.165) is 9.21 Å². The van der Waals surface area contributed by atoms with Crippen LogP contribution >= 0.6 is 0 Å². The number of ether oxygens (including phenoxy) is 2. The van der Waals surface area contributed by atoms with Crippen LogP contribution < -0.4 is 9.64 Å². The van der Waals surface area contributed by atoms with E-state index in [-0.39, 0.29) is 35.7 Å². The minimum Gasteiger partial charge on any atom is -0.497 e. The van der Waals surface area contributed by atoms with Crippen LogP contribution in [0.1, 0.15) is 23.7 Å². The first-order valence-electron chi connectivity index (χ1n) is 10.1. The van der Waals surface area contributed by atoms with Gasteiger partial charge in [-0.1, -0.05) is 6.08 Å². The van der Waals surface area contributed by atoms with Crippen LogP contribution in [0, 0.1) is 0 Å². The number of carbonyl (C=O) groups excluding carboxylic acids is 3. The van der Waals surface area contributed by atoms with Gasteiger partial charge in [0.1, 0.15) is 11.8 Å². The Kier molecular flexibility index (Phi) is 7.29. The molecule has 0 radical (unpaired) electrons. The molecule has 1 unspecified atom stereocenters. The molecule has 0 N–H and O–H groups in total. The molecule has 0 bridgehead atoms. The minimum absolute atomic E-state index is 0.0392. The van der Waals surface area contributed by atoms with Crippen molar-refractivity contribution >= 4 is 33.5 Å². The van der Waals surface area contributed by atoms with Crippen molar-refractivity contribution in [3.63, 3.8) is 0 Å². The Labute approximate surface area is 192 Å². The summed E-state index contributed by atoms with van der Waals surface area (Å²) in [6.07, 6.45) is 1.04. The van der Waals surface area contributed by atoms with Crippen molar-refractivity contribution in [2.75, 3.05) is 25.2 Å². The van der Waals surface area contributed by atoms with Crippen molar-refractivity contribution in [3.8, 4) is 5.75 Å². The van der Waals surface area contributed by atoms with Gasteiger partial charge in [0.2, 0.25) is 15.9 Å². The quantitative estimate of drug-likeness (QED) is 0.313. The molecule has 2 amide bonds. The lowest BCUT2D eigenvalue weighted by molar-refractivity contribution is -0.122. The van der Waals surface area contributed by atoms with E-state index in [1.54, 1.807) is 6.92 Å². The third-order valence-corrected chi connectivity index (χ3v) is 6.97. The summed E-state index contributed by atoms with van der Waals surface area (Å²) in [4.78, 5) is 38.6. The average molecular weight is 473 g/mol. The maximum Gasteiger partial charge on any atom is 0.338 e. The SMILES string of the molecule is C=CCN(C1CC(=O)N(c2ccc(C(=O)OCC)cc2)C1=O)S(=O)(=O)c1ccc(OC)cc1. The highest BCUT2D eigenvalue weighted by Crippen LogP contribution is 2.30. The van der Waals surface area contributed by atoms with Crippen LogP contribution in [0.2, 0.25) is 0 Å². The number of rotatable bonds is 9. The van der Waals surface area contributed by atoms with Crippen molar-refractivity contribution in [2.45, 2.75) is 24.3 Å². The molecule has 1 aliphatic rings. The molecule has 0 spiro atoms. The minimum atomic E-state index is -4.11. The number of hydrogen-bond acceptors (Lipinski definition) is 7. The highest BCUT2D eigenvalue weighted by molar-refractivity contribution is 7.89. The zero-order valence-electron chi connectivity index (χ0n) is 18.3. The molecule has 33 heavy (non-hydrogen) atoms. The number of sulfonamides is 1. The first-order valence-corrected chi connectivity index (χ1v) is 11.6. The Morgan fingerprint density at radius 3 is 2.33 bits per heavy atom. The molecular weight excluding hydrogens is 448 g/mol. The topological polar surface area (TPSA) is 110 Å². The third-order valence-electron chi connectivity index (χ3n) is 5.08. The molecule has 174 valence electrons. The van der Waals surface area contributed by atoms with Gasteiger partial charge in [-0.2, -0.15) is 4.31 Å². The largest absolute Gasteiger partial charge is 0.497 e. The second-order valence-corrected chi connectivity index (χ2v) is 8.98. The van der Waals surface area contributed by atoms with Crippen LogP contribution in [0.5, 0.6) is 5.75 Å². The first kappa shape index (κ1) is 24.1. The van der Waals surface area contributed by atoms with Gasteiger partial charge >= 0.3 is 5.97 Å². The summed E-state index contributed by atoms with van der Waals surface area (Å²) in [6.45, 7) is 5.33. The monoisotopic (exact) mass is 472 g/mol. The van der Waals surface area contributed by atoms with Crippen LogP contribution in [0.15, 0.2) is 66.1 Å². The molecule has 0 aromatic heterocycles. The van der Waals surface area contributed by atoms with Gasteiger partial charge in [-0.15, -0.1) is 6.58 Å². The summed E-state index contributed by atoms with van der Waals surface area (Å²) >= 11 is 0. The maximum absolute atomic E-state index is 13.3. The van der Waals surface area contributed by atoms with E-state index in [4.69, 9.17) is 9.47 Å². The number of hydrogen-bond donors (Lipinski definition) is 0. The van der Waals surface area contributed by atoms with E-state index in [2.05, 4.69) is 6.58 Å². The lowest BCUT2D eigenvalue weighted by Gasteiger charge is -2.25. The maximum atomic E-state index is 13.3. The Bertz CT molecular complexity index is 1160. The van der Waals surface area contributed by atoms with E-state index >= 15 is 0 Å². The summed E-state index contributed by atoms with van der Waals surface area (Å²) in [5.74, 6) is -1.27. The molecule has 0 saturated carbocycles. The van der Waals surface area contributed by atoms with Crippen LogP contribution in [0.4, 0.5) is 5.69 Å². The lowest BCUT2D eigenvalue weighted by Crippen LogP contribution is -2.45. The van der Waals surface area contributed by atoms with E-state index in [1.165, 1.54) is 61.7 Å². The molecule has 1 atom stereocenters. The highest BCUT2D eigenvalue weighted by atomic mass is 32.2. The van der Waals surface area contributed by atoms with Crippen molar-refractivity contribution in [1.82, 2.24) is 4.31 Å². The van der Waals surface area contributed by atoms with Gasteiger partial charge in [-0.3, -0.25) is 9.59 Å². The smallest absolute Gasteiger partial charge is 0.338 e. The molecule has 9 nitrogen and oxygen atoms in total. The fourth-order valence-corrected chi connectivity index (χ4v) is 5.03. The van der Waals surface area contributed by atoms with Crippen LogP contribution in [-0.4, -0.2) is 56.8 Å². The first-order chi connectivity index (χ1) is 15.7. The summed E-state index contributed by atoms with van der Waals surface area (Å²) in [5, 5.41) is 0. The number of imide groups is 1. The normalized spacial score (nSPS) is 16.2. The molecular formula is C23H24N2O7S. The Balaban J connectivity index is 1.90. The van der Waals surface area contributed by atoms with Gasteiger partial charge < -0.3 is 9.47 Å². The van der Waals surface area contributed by atoms with Crippen molar-refractivity contribution in [2.24, 2.45) is 0 Å². The van der Waals surface area contributed by atoms with Crippen molar-refractivity contribution in [1.29, 1.82) is 0 Å². The summed E-state index contributed by atoms with van der Waals surface area (Å²) in [5.41, 5.74) is 0.507. The van der Waals surface area contributed by atoms with Gasteiger partial charge in [-0.05, 0) is 55.5 Å². The van der Waals surface area contributed by atoms with Crippen LogP contribution in [-0.2, 0) is 24.3 Å². The second-order valence-electron chi connectivity index (χ2n) is 7.09. The molecule has 2 aromatic rings. The van der Waals surface area contributed by atoms with Gasteiger partial charge in [0.05, 0.1) is 36.3 Å². The van der Waals surface area contributed by atoms with Crippen LogP contribution in [0.25, 0.3) is 0 Å². The number of carbonyl (C=O) groups is 3. The van der Waals surface area contributed by atoms with Crippen molar-refractivity contribution in [3.05, 3.63) is 66.7 Å². The molecule has 0 aliphatic carbocycles. The van der Waals surface area contributed by atoms with Gasteiger partial charge in [-0.25, -0.2) is 18.1 Å². The molecule has 1 saturated heterocycles. The fraction of sp³-hybridized carbons (Fsp3) is 0.261. The van der Waals surface area contributed by atoms with Gasteiger partial charge in [0, 0.05) is 6.54 Å². The predicted molar refractivity (Wildman–Crippen MR) is 120 cm³/mol. The number of esters is 1. The number of amides is 2. The molecule has 10 heteroatoms. The standard InChI is InChI=1S/C23H24N2O7S/c1-4-14-24(33(29,30)19-12-10-18(31-3)11-13-19)20-15-21(26)25(22(20)27)17-8-6-16(7-9-17)23(28)32-5-2/h4,6-13,20H,1,5,14-15H2,2-3H3. The summed E-state index contributed by atoms with van der Waals surface area (Å²) in [6, 6.07) is 10.3. The molecule has 1 fully saturated rings. The second kappa shape index (κ2) is 9.97. The van der Waals surface area contributed by atoms with E-state index in [0.29, 0.717) is 5.75 Å². The fourth-order valence-electron chi connectivity index (χ4n) is 3.48. The molecule has 2 aromatic carbocycles. The van der Waals surface area contributed by atoms with E-state index < -0.39 is 33.8 Å². The Morgan fingerprint density at radius 1 is 1.15 bits per heavy atom. The number of anilines is 1. The average Bonchev–Trinajstić information content (AvgIpc) is 3.10.